The predicted molar refractivity (Wildman–Crippen MR) is 177 cm³/mol. The van der Waals surface area contributed by atoms with Gasteiger partial charge in [0.05, 0.1) is 0 Å². The summed E-state index contributed by atoms with van der Waals surface area (Å²) in [5, 5.41) is 8.67. The molecule has 4 heteroatoms. The molecule has 2 heterocycles. The van der Waals surface area contributed by atoms with E-state index in [1.54, 1.807) is 16.7 Å². The lowest BCUT2D eigenvalue weighted by Crippen LogP contribution is -2.59. The number of benzene rings is 1. The van der Waals surface area contributed by atoms with Crippen molar-refractivity contribution in [2.45, 2.75) is 166 Å². The van der Waals surface area contributed by atoms with Gasteiger partial charge >= 0.3 is 0 Å². The molecule has 2 saturated heterocycles. The molecular weight excluding hydrogens is 498 g/mol. The van der Waals surface area contributed by atoms with Crippen LogP contribution in [-0.2, 0) is 22.1 Å². The van der Waals surface area contributed by atoms with Crippen molar-refractivity contribution in [3.8, 4) is 0 Å². The van der Waals surface area contributed by atoms with E-state index < -0.39 is 0 Å². The Morgan fingerprint density at radius 3 is 1.42 bits per heavy atom. The molecule has 3 unspecified atom stereocenters. The minimum Gasteiger partial charge on any atom is -0.313 e. The first-order chi connectivity index (χ1) is 17.3. The monoisotopic (exact) mass is 560 g/mol. The third-order valence-corrected chi connectivity index (χ3v) is 14.1. The summed E-state index contributed by atoms with van der Waals surface area (Å²) >= 11 is 0. The lowest BCUT2D eigenvalue weighted by molar-refractivity contribution is 0.237. The van der Waals surface area contributed by atoms with E-state index in [9.17, 15) is 0 Å². The van der Waals surface area contributed by atoms with Gasteiger partial charge in [-0.25, -0.2) is 0 Å². The van der Waals surface area contributed by atoms with Gasteiger partial charge in [-0.05, 0) is 88.3 Å². The van der Waals surface area contributed by atoms with Crippen molar-refractivity contribution in [3.05, 3.63) is 34.4 Å². The molecule has 3 atom stereocenters. The summed E-state index contributed by atoms with van der Waals surface area (Å²) < 4.78 is 0. The van der Waals surface area contributed by atoms with E-state index in [4.69, 9.17) is 0 Å². The van der Waals surface area contributed by atoms with Gasteiger partial charge < -0.3 is 10.6 Å². The van der Waals surface area contributed by atoms with Gasteiger partial charge in [-0.15, -0.1) is 9.24 Å². The highest BCUT2D eigenvalue weighted by Gasteiger charge is 2.47. The maximum absolute atomic E-state index is 4.04. The molecule has 0 bridgehead atoms. The average molecular weight is 561 g/mol. The lowest BCUT2D eigenvalue weighted by Gasteiger charge is -2.50. The molecule has 0 aromatic heterocycles. The first kappa shape index (κ1) is 32.5. The van der Waals surface area contributed by atoms with E-state index in [1.165, 1.54) is 50.3 Å². The van der Waals surface area contributed by atoms with Crippen LogP contribution in [0, 0.1) is 0 Å². The first-order valence-electron chi connectivity index (χ1n) is 15.5. The maximum atomic E-state index is 4.04. The smallest absolute Gasteiger partial charge is 0.0405 e. The molecular formula is C34H62N2P2. The largest absolute Gasteiger partial charge is 0.313 e. The Morgan fingerprint density at radius 2 is 1.08 bits per heavy atom. The minimum atomic E-state index is -0.253. The standard InChI is InChI=1S/C34H62N2P2/c1-30(2,3)26-21-24(23-38(32(7,8)9)33(10,11)12)25(22-27(26)31(4,5)6)34(37,28-17-13-15-19-35-28)29-18-14-16-20-36-29/h21-22,28-29,35-36H,13-20,23,37H2,1-12H3. The zero-order valence-electron chi connectivity index (χ0n) is 27.2. The van der Waals surface area contributed by atoms with Crippen LogP contribution >= 0.6 is 17.2 Å². The highest BCUT2D eigenvalue weighted by Crippen LogP contribution is 2.62. The number of hydrogen-bond donors (Lipinski definition) is 2. The van der Waals surface area contributed by atoms with Crippen LogP contribution in [0.1, 0.15) is 144 Å². The van der Waals surface area contributed by atoms with Gasteiger partial charge in [0.25, 0.3) is 0 Å². The van der Waals surface area contributed by atoms with Crippen LogP contribution in [0.15, 0.2) is 12.1 Å². The van der Waals surface area contributed by atoms with Crippen LogP contribution < -0.4 is 10.6 Å². The highest BCUT2D eigenvalue weighted by atomic mass is 31.1. The Hall–Kier alpha value is 0. The molecule has 1 aromatic rings. The zero-order valence-corrected chi connectivity index (χ0v) is 29.2. The normalized spacial score (nSPS) is 23.9. The van der Waals surface area contributed by atoms with Gasteiger partial charge in [0.15, 0.2) is 0 Å². The summed E-state index contributed by atoms with van der Waals surface area (Å²) in [4.78, 5) is 0. The van der Waals surface area contributed by atoms with Crippen molar-refractivity contribution >= 4 is 17.2 Å². The molecule has 218 valence electrons. The Kier molecular flexibility index (Phi) is 10.0. The Bertz CT molecular complexity index is 895. The van der Waals surface area contributed by atoms with E-state index >= 15 is 0 Å². The molecule has 2 aliphatic heterocycles. The predicted octanol–water partition coefficient (Wildman–Crippen LogP) is 9.22. The molecule has 3 rings (SSSR count). The second kappa shape index (κ2) is 11.7. The zero-order chi connectivity index (χ0) is 28.7. The van der Waals surface area contributed by atoms with Crippen molar-refractivity contribution in [2.24, 2.45) is 0 Å². The summed E-state index contributed by atoms with van der Waals surface area (Å²) in [5.74, 6) is 0. The Morgan fingerprint density at radius 1 is 0.658 bits per heavy atom. The lowest BCUT2D eigenvalue weighted by atomic mass is 9.70. The molecule has 38 heavy (non-hydrogen) atoms. The molecule has 0 spiro atoms. The quantitative estimate of drug-likeness (QED) is 0.351. The second-order valence-corrected chi connectivity index (χ2v) is 21.2. The van der Waals surface area contributed by atoms with Crippen molar-refractivity contribution in [1.82, 2.24) is 10.6 Å². The van der Waals surface area contributed by atoms with Crippen molar-refractivity contribution in [2.75, 3.05) is 13.1 Å². The van der Waals surface area contributed by atoms with Crippen LogP contribution in [0.5, 0.6) is 0 Å². The van der Waals surface area contributed by atoms with Crippen LogP contribution in [0.25, 0.3) is 0 Å². The van der Waals surface area contributed by atoms with Crippen LogP contribution in [0.2, 0.25) is 0 Å². The number of hydrogen-bond acceptors (Lipinski definition) is 2. The van der Waals surface area contributed by atoms with Crippen molar-refractivity contribution < 1.29 is 0 Å². The molecule has 2 nitrogen and oxygen atoms in total. The fourth-order valence-electron chi connectivity index (χ4n) is 7.21. The molecule has 0 saturated carbocycles. The molecule has 1 aromatic carbocycles. The van der Waals surface area contributed by atoms with Crippen LogP contribution in [-0.4, -0.2) is 35.5 Å². The molecule has 2 N–H and O–H groups in total. The van der Waals surface area contributed by atoms with Gasteiger partial charge in [-0.3, -0.25) is 0 Å². The summed E-state index contributed by atoms with van der Waals surface area (Å²) in [5.41, 5.74) is 6.52. The Balaban J connectivity index is 2.36. The third-order valence-electron chi connectivity index (χ3n) is 9.05. The fourth-order valence-corrected chi connectivity index (χ4v) is 11.6. The SMILES string of the molecule is CC(C)(C)c1cc(CP(C(C)(C)C)C(C)(C)C)c(C(P)(C2CCCCN2)C2CCCCN2)cc1C(C)(C)C. The Labute approximate surface area is 241 Å². The van der Waals surface area contributed by atoms with Crippen molar-refractivity contribution in [3.63, 3.8) is 0 Å². The summed E-state index contributed by atoms with van der Waals surface area (Å²) in [6.45, 7) is 31.7. The summed E-state index contributed by atoms with van der Waals surface area (Å²) in [6.07, 6.45) is 8.99. The summed E-state index contributed by atoms with van der Waals surface area (Å²) in [7, 11) is 3.26. The maximum Gasteiger partial charge on any atom is 0.0405 e. The van der Waals surface area contributed by atoms with E-state index in [1.807, 2.05) is 0 Å². The number of piperidine rings is 2. The fraction of sp³-hybridized carbons (Fsp3) is 0.824. The summed E-state index contributed by atoms with van der Waals surface area (Å²) in [6, 6.07) is 6.36. The van der Waals surface area contributed by atoms with E-state index in [0.717, 1.165) is 13.1 Å². The number of rotatable bonds is 5. The van der Waals surface area contributed by atoms with Crippen LogP contribution in [0.3, 0.4) is 0 Å². The van der Waals surface area contributed by atoms with Gasteiger partial charge in [0.1, 0.15) is 0 Å². The van der Waals surface area contributed by atoms with Gasteiger partial charge in [0, 0.05) is 17.2 Å². The van der Waals surface area contributed by atoms with Crippen LogP contribution in [0.4, 0.5) is 0 Å². The third kappa shape index (κ3) is 7.25. The van der Waals surface area contributed by atoms with Gasteiger partial charge in [-0.2, -0.15) is 0 Å². The number of nitrogens with one attached hydrogen (secondary N) is 2. The molecule has 0 aliphatic carbocycles. The molecule has 0 amide bonds. The van der Waals surface area contributed by atoms with Gasteiger partial charge in [0.2, 0.25) is 0 Å². The first-order valence-corrected chi connectivity index (χ1v) is 17.6. The van der Waals surface area contributed by atoms with E-state index in [2.05, 4.69) is 115 Å². The van der Waals surface area contributed by atoms with Crippen molar-refractivity contribution in [1.29, 1.82) is 0 Å². The molecule has 2 fully saturated rings. The second-order valence-electron chi connectivity index (χ2n) is 16.4. The van der Waals surface area contributed by atoms with Gasteiger partial charge in [-0.1, -0.05) is 116 Å². The topological polar surface area (TPSA) is 24.1 Å². The van der Waals surface area contributed by atoms with E-state index in [0.29, 0.717) is 22.4 Å². The minimum absolute atomic E-state index is 0.0106. The highest BCUT2D eigenvalue weighted by molar-refractivity contribution is 7.60. The molecule has 2 aliphatic rings. The molecule has 0 radical (unpaired) electrons. The van der Waals surface area contributed by atoms with E-state index in [-0.39, 0.29) is 23.9 Å². The average Bonchev–Trinajstić information content (AvgIpc) is 2.80.